The molecule has 0 bridgehead atoms. The molecule has 1 atom stereocenters. The molecule has 100 valence electrons. The van der Waals surface area contributed by atoms with Gasteiger partial charge in [-0.2, -0.15) is 13.2 Å². The van der Waals surface area contributed by atoms with Crippen LogP contribution in [-0.2, 0) is 10.0 Å². The van der Waals surface area contributed by atoms with E-state index in [2.05, 4.69) is 0 Å². The molecule has 5 heteroatoms. The number of benzene rings is 1. The highest BCUT2D eigenvalue weighted by molar-refractivity contribution is 6.87. The maximum absolute atomic E-state index is 13.3. The first kappa shape index (κ1) is 13.6. The van der Waals surface area contributed by atoms with Gasteiger partial charge in [0.2, 0.25) is 8.32 Å². The maximum Gasteiger partial charge on any atom is 0.420 e. The minimum absolute atomic E-state index is 0.313. The molecule has 0 amide bonds. The highest BCUT2D eigenvalue weighted by Crippen LogP contribution is 2.48. The lowest BCUT2D eigenvalue weighted by Gasteiger charge is -2.33. The molecule has 0 aromatic heterocycles. The summed E-state index contributed by atoms with van der Waals surface area (Å²) in [6.07, 6.45) is -4.37. The Labute approximate surface area is 106 Å². The average Bonchev–Trinajstić information content (AvgIpc) is 2.61. The molecule has 0 spiro atoms. The van der Waals surface area contributed by atoms with E-state index in [4.69, 9.17) is 4.43 Å². The molecule has 1 aliphatic rings. The average molecular weight is 274 g/mol. The van der Waals surface area contributed by atoms with Crippen molar-refractivity contribution in [3.8, 4) is 0 Å². The van der Waals surface area contributed by atoms with Crippen molar-refractivity contribution in [1.82, 2.24) is 0 Å². The Morgan fingerprint density at radius 1 is 1.17 bits per heavy atom. The van der Waals surface area contributed by atoms with E-state index in [1.807, 2.05) is 19.9 Å². The van der Waals surface area contributed by atoms with Gasteiger partial charge in [-0.15, -0.1) is 0 Å². The molecule has 1 aromatic rings. The third-order valence-electron chi connectivity index (χ3n) is 4.01. The van der Waals surface area contributed by atoms with Crippen LogP contribution in [0, 0.1) is 0 Å². The number of fused-ring (bicyclic) bond motifs is 1. The summed E-state index contributed by atoms with van der Waals surface area (Å²) in [5.74, 6) is 0. The van der Waals surface area contributed by atoms with Crippen LogP contribution in [0.15, 0.2) is 24.3 Å². The fourth-order valence-electron chi connectivity index (χ4n) is 2.78. The Morgan fingerprint density at radius 3 is 2.22 bits per heavy atom. The molecule has 0 fully saturated rings. The minimum Gasteiger partial charge on any atom is -0.395 e. The van der Waals surface area contributed by atoms with Gasteiger partial charge in [0.1, 0.15) is 0 Å². The number of hydrogen-bond acceptors (Lipinski definition) is 1. The molecule has 0 N–H and O–H groups in total. The van der Waals surface area contributed by atoms with E-state index in [1.54, 1.807) is 18.2 Å². The first-order valence-electron chi connectivity index (χ1n) is 6.17. The summed E-state index contributed by atoms with van der Waals surface area (Å²) in [6.45, 7) is 5.01. The molecule has 0 aliphatic carbocycles. The van der Waals surface area contributed by atoms with Gasteiger partial charge in [-0.05, 0) is 29.8 Å². The quantitative estimate of drug-likeness (QED) is 0.747. The highest BCUT2D eigenvalue weighted by atomic mass is 28.4. The Bertz CT molecular complexity index is 454. The van der Waals surface area contributed by atoms with Crippen molar-refractivity contribution in [2.24, 2.45) is 0 Å². The maximum atomic E-state index is 13.3. The number of hydrogen-bond donors (Lipinski definition) is 0. The summed E-state index contributed by atoms with van der Waals surface area (Å²) in [6, 6.07) is 8.17. The molecule has 2 rings (SSSR count). The second kappa shape index (κ2) is 4.10. The van der Waals surface area contributed by atoms with Gasteiger partial charge in [0.05, 0.1) is 0 Å². The molecule has 1 aromatic carbocycles. The van der Waals surface area contributed by atoms with E-state index < -0.39 is 20.1 Å². The van der Waals surface area contributed by atoms with E-state index in [-0.39, 0.29) is 0 Å². The Balaban J connectivity index is 2.66. The zero-order valence-corrected chi connectivity index (χ0v) is 11.8. The van der Waals surface area contributed by atoms with Crippen molar-refractivity contribution in [3.05, 3.63) is 29.8 Å². The summed E-state index contributed by atoms with van der Waals surface area (Å²) in [4.78, 5) is 0. The lowest BCUT2D eigenvalue weighted by Crippen LogP contribution is -2.48. The predicted octanol–water partition coefficient (Wildman–Crippen LogP) is 3.69. The van der Waals surface area contributed by atoms with Crippen LogP contribution < -0.4 is 5.19 Å². The van der Waals surface area contributed by atoms with Gasteiger partial charge >= 0.3 is 6.18 Å². The van der Waals surface area contributed by atoms with Crippen molar-refractivity contribution in [2.75, 3.05) is 0 Å². The zero-order valence-electron chi connectivity index (χ0n) is 10.8. The van der Waals surface area contributed by atoms with Crippen molar-refractivity contribution in [3.63, 3.8) is 0 Å². The van der Waals surface area contributed by atoms with Gasteiger partial charge in [0, 0.05) is 0 Å². The van der Waals surface area contributed by atoms with Crippen LogP contribution in [-0.4, -0.2) is 14.5 Å². The Kier molecular flexibility index (Phi) is 3.10. The van der Waals surface area contributed by atoms with Gasteiger partial charge in [-0.25, -0.2) is 0 Å². The first-order valence-corrected chi connectivity index (χ1v) is 8.50. The fourth-order valence-corrected chi connectivity index (χ4v) is 6.66. The molecule has 1 nitrogen and oxygen atoms in total. The Hall–Kier alpha value is -0.813. The molecule has 0 radical (unpaired) electrons. The normalized spacial score (nSPS) is 26.1. The summed E-state index contributed by atoms with van der Waals surface area (Å²) < 4.78 is 45.7. The SMILES string of the molecule is CC[Si]1(CC)OC(C)(C(F)(F)F)c2ccccc21. The van der Waals surface area contributed by atoms with Crippen LogP contribution >= 0.6 is 0 Å². The van der Waals surface area contributed by atoms with Crippen molar-refractivity contribution in [2.45, 2.75) is 44.6 Å². The van der Waals surface area contributed by atoms with Crippen molar-refractivity contribution < 1.29 is 17.6 Å². The first-order chi connectivity index (χ1) is 8.31. The summed E-state index contributed by atoms with van der Waals surface area (Å²) in [5, 5.41) is 0.815. The predicted molar refractivity (Wildman–Crippen MR) is 67.3 cm³/mol. The minimum atomic E-state index is -4.37. The lowest BCUT2D eigenvalue weighted by atomic mass is 9.95. The van der Waals surface area contributed by atoms with Crippen LogP contribution in [0.4, 0.5) is 13.2 Å². The molecule has 18 heavy (non-hydrogen) atoms. The van der Waals surface area contributed by atoms with Crippen LogP contribution in [0.2, 0.25) is 12.1 Å². The van der Waals surface area contributed by atoms with Gasteiger partial charge in [-0.3, -0.25) is 0 Å². The second-order valence-corrected chi connectivity index (χ2v) is 9.03. The van der Waals surface area contributed by atoms with Crippen molar-refractivity contribution in [1.29, 1.82) is 0 Å². The summed E-state index contributed by atoms with van der Waals surface area (Å²) in [7, 11) is -2.47. The van der Waals surface area contributed by atoms with Gasteiger partial charge in [0.25, 0.3) is 0 Å². The van der Waals surface area contributed by atoms with Crippen LogP contribution in [0.5, 0.6) is 0 Å². The lowest BCUT2D eigenvalue weighted by molar-refractivity contribution is -0.247. The largest absolute Gasteiger partial charge is 0.420 e. The van der Waals surface area contributed by atoms with E-state index in [0.29, 0.717) is 17.7 Å². The van der Waals surface area contributed by atoms with Crippen LogP contribution in [0.3, 0.4) is 0 Å². The van der Waals surface area contributed by atoms with Gasteiger partial charge in [-0.1, -0.05) is 38.1 Å². The van der Waals surface area contributed by atoms with Gasteiger partial charge in [0.15, 0.2) is 5.60 Å². The van der Waals surface area contributed by atoms with E-state index >= 15 is 0 Å². The summed E-state index contributed by atoms with van der Waals surface area (Å²) in [5.41, 5.74) is -1.82. The Morgan fingerprint density at radius 2 is 1.72 bits per heavy atom. The molecule has 1 unspecified atom stereocenters. The van der Waals surface area contributed by atoms with Crippen LogP contribution in [0.25, 0.3) is 0 Å². The number of halogens is 3. The number of alkyl halides is 3. The molecular weight excluding hydrogens is 257 g/mol. The molecular formula is C13H17F3OSi. The zero-order chi connectivity index (χ0) is 13.6. The number of rotatable bonds is 2. The molecule has 0 saturated heterocycles. The molecule has 1 aliphatic heterocycles. The monoisotopic (exact) mass is 274 g/mol. The third kappa shape index (κ3) is 1.64. The standard InChI is InChI=1S/C13H17F3OSi/c1-4-18(5-2)11-9-7-6-8-10(11)12(3,17-18)13(14,15)16/h6-9H,4-5H2,1-3H3. The van der Waals surface area contributed by atoms with Crippen LogP contribution in [0.1, 0.15) is 26.3 Å². The van der Waals surface area contributed by atoms with E-state index in [9.17, 15) is 13.2 Å². The van der Waals surface area contributed by atoms with Crippen molar-refractivity contribution >= 4 is 13.5 Å². The smallest absolute Gasteiger partial charge is 0.395 e. The second-order valence-electron chi connectivity index (χ2n) is 4.88. The molecule has 0 saturated carbocycles. The third-order valence-corrected chi connectivity index (χ3v) is 8.52. The topological polar surface area (TPSA) is 9.23 Å². The fraction of sp³-hybridized carbons (Fsp3) is 0.538. The van der Waals surface area contributed by atoms with Gasteiger partial charge < -0.3 is 4.43 Å². The van der Waals surface area contributed by atoms with E-state index in [1.165, 1.54) is 0 Å². The molecule has 1 heterocycles. The summed E-state index contributed by atoms with van der Waals surface area (Å²) >= 11 is 0. The van der Waals surface area contributed by atoms with E-state index in [0.717, 1.165) is 12.1 Å². The highest BCUT2D eigenvalue weighted by Gasteiger charge is 2.63.